The van der Waals surface area contributed by atoms with Gasteiger partial charge in [-0.25, -0.2) is 4.98 Å². The molecule has 2 heterocycles. The second-order valence-electron chi connectivity index (χ2n) is 4.26. The van der Waals surface area contributed by atoms with Crippen LogP contribution in [0, 0.1) is 0 Å². The highest BCUT2D eigenvalue weighted by Gasteiger charge is 2.28. The van der Waals surface area contributed by atoms with E-state index in [1.54, 1.807) is 6.20 Å². The largest absolute Gasteiger partial charge is 0.292 e. The van der Waals surface area contributed by atoms with Gasteiger partial charge in [0.05, 0.1) is 24.1 Å². The highest BCUT2D eigenvalue weighted by Crippen LogP contribution is 2.32. The maximum atomic E-state index is 5.86. The molecule has 0 bridgehead atoms. The van der Waals surface area contributed by atoms with Crippen molar-refractivity contribution in [3.63, 3.8) is 0 Å². The van der Waals surface area contributed by atoms with Crippen LogP contribution in [0.5, 0.6) is 0 Å². The van der Waals surface area contributed by atoms with Crippen molar-refractivity contribution in [2.24, 2.45) is 0 Å². The summed E-state index contributed by atoms with van der Waals surface area (Å²) >= 11 is 5.86. The van der Waals surface area contributed by atoms with Crippen LogP contribution in [0.25, 0.3) is 0 Å². The molecule has 82 valence electrons. The van der Waals surface area contributed by atoms with Gasteiger partial charge in [0.15, 0.2) is 0 Å². The van der Waals surface area contributed by atoms with Gasteiger partial charge >= 0.3 is 0 Å². The Morgan fingerprint density at radius 3 is 2.93 bits per heavy atom. The highest BCUT2D eigenvalue weighted by atomic mass is 35.5. The van der Waals surface area contributed by atoms with E-state index in [-0.39, 0.29) is 0 Å². The van der Waals surface area contributed by atoms with Crippen LogP contribution >= 0.6 is 11.6 Å². The van der Waals surface area contributed by atoms with E-state index in [9.17, 15) is 0 Å². The molecular formula is C11H16ClN3. The third-order valence-corrected chi connectivity index (χ3v) is 3.10. The lowest BCUT2D eigenvalue weighted by Gasteiger charge is -2.27. The predicted molar refractivity (Wildman–Crippen MR) is 60.9 cm³/mol. The summed E-state index contributed by atoms with van der Waals surface area (Å²) in [5, 5.41) is 0.489. The van der Waals surface area contributed by atoms with Crippen molar-refractivity contribution in [1.82, 2.24) is 14.9 Å². The van der Waals surface area contributed by atoms with E-state index in [1.807, 2.05) is 6.20 Å². The fourth-order valence-electron chi connectivity index (χ4n) is 2.24. The third kappa shape index (κ3) is 2.29. The second kappa shape index (κ2) is 4.45. The fourth-order valence-corrected chi connectivity index (χ4v) is 2.40. The number of hydrogen-bond acceptors (Lipinski definition) is 3. The van der Waals surface area contributed by atoms with E-state index in [4.69, 9.17) is 11.6 Å². The van der Waals surface area contributed by atoms with Crippen molar-refractivity contribution in [2.75, 3.05) is 6.54 Å². The summed E-state index contributed by atoms with van der Waals surface area (Å²) < 4.78 is 0. The molecule has 1 aliphatic heterocycles. The van der Waals surface area contributed by atoms with Crippen LogP contribution in [-0.2, 0) is 0 Å². The van der Waals surface area contributed by atoms with Crippen LogP contribution in [0.2, 0.25) is 5.15 Å². The molecule has 1 aliphatic rings. The van der Waals surface area contributed by atoms with Crippen molar-refractivity contribution >= 4 is 11.6 Å². The summed E-state index contributed by atoms with van der Waals surface area (Å²) in [6.45, 7) is 5.59. The molecule has 0 radical (unpaired) electrons. The van der Waals surface area contributed by atoms with Gasteiger partial charge in [-0.3, -0.25) is 9.88 Å². The van der Waals surface area contributed by atoms with Crippen molar-refractivity contribution in [3.8, 4) is 0 Å². The zero-order chi connectivity index (χ0) is 10.8. The Labute approximate surface area is 95.5 Å². The summed E-state index contributed by atoms with van der Waals surface area (Å²) in [7, 11) is 0. The molecule has 0 N–H and O–H groups in total. The van der Waals surface area contributed by atoms with Crippen LogP contribution in [-0.4, -0.2) is 27.5 Å². The minimum atomic E-state index is 0.399. The minimum Gasteiger partial charge on any atom is -0.292 e. The first kappa shape index (κ1) is 10.8. The topological polar surface area (TPSA) is 29.0 Å². The van der Waals surface area contributed by atoms with E-state index in [0.29, 0.717) is 17.2 Å². The van der Waals surface area contributed by atoms with Crippen LogP contribution in [0.3, 0.4) is 0 Å². The molecule has 0 amide bonds. The number of likely N-dealkylation sites (tertiary alicyclic amines) is 1. The molecule has 0 saturated carbocycles. The Morgan fingerprint density at radius 2 is 2.27 bits per heavy atom. The van der Waals surface area contributed by atoms with E-state index in [1.165, 1.54) is 6.42 Å². The molecule has 1 unspecified atom stereocenters. The van der Waals surface area contributed by atoms with E-state index < -0.39 is 0 Å². The molecule has 2 rings (SSSR count). The molecule has 1 saturated heterocycles. The summed E-state index contributed by atoms with van der Waals surface area (Å²) in [6.07, 6.45) is 5.81. The Kier molecular flexibility index (Phi) is 3.22. The third-order valence-electron chi connectivity index (χ3n) is 2.92. The number of rotatable bonds is 2. The normalized spacial score (nSPS) is 22.5. The highest BCUT2D eigenvalue weighted by molar-refractivity contribution is 6.29. The SMILES string of the molecule is CC(C)N1CCCC1c1cncc(Cl)n1. The van der Waals surface area contributed by atoms with Gasteiger partial charge in [-0.2, -0.15) is 0 Å². The number of halogens is 1. The van der Waals surface area contributed by atoms with E-state index in [0.717, 1.165) is 18.7 Å². The summed E-state index contributed by atoms with van der Waals surface area (Å²) in [6, 6.07) is 0.953. The van der Waals surface area contributed by atoms with Crippen LogP contribution < -0.4 is 0 Å². The van der Waals surface area contributed by atoms with E-state index in [2.05, 4.69) is 28.7 Å². The Balaban J connectivity index is 2.22. The molecule has 1 fully saturated rings. The predicted octanol–water partition coefficient (Wildman–Crippen LogP) is 2.68. The average molecular weight is 226 g/mol. The van der Waals surface area contributed by atoms with Crippen molar-refractivity contribution in [1.29, 1.82) is 0 Å². The molecule has 15 heavy (non-hydrogen) atoms. The molecule has 3 nitrogen and oxygen atoms in total. The maximum Gasteiger partial charge on any atom is 0.147 e. The molecule has 0 aromatic carbocycles. The standard InChI is InChI=1S/C11H16ClN3/c1-8(2)15-5-3-4-10(15)9-6-13-7-11(12)14-9/h6-8,10H,3-5H2,1-2H3. The van der Waals surface area contributed by atoms with Crippen LogP contribution in [0.4, 0.5) is 0 Å². The Morgan fingerprint density at radius 1 is 1.47 bits per heavy atom. The first-order chi connectivity index (χ1) is 7.18. The molecule has 1 atom stereocenters. The van der Waals surface area contributed by atoms with Gasteiger partial charge in [-0.05, 0) is 33.2 Å². The monoisotopic (exact) mass is 225 g/mol. The molecule has 0 aliphatic carbocycles. The second-order valence-corrected chi connectivity index (χ2v) is 4.64. The smallest absolute Gasteiger partial charge is 0.147 e. The Bertz CT molecular complexity index is 340. The Hall–Kier alpha value is -0.670. The number of nitrogens with zero attached hydrogens (tertiary/aromatic N) is 3. The quantitative estimate of drug-likeness (QED) is 0.775. The van der Waals surface area contributed by atoms with Gasteiger partial charge in [-0.1, -0.05) is 11.6 Å². The lowest BCUT2D eigenvalue weighted by atomic mass is 10.1. The van der Waals surface area contributed by atoms with Crippen molar-refractivity contribution in [2.45, 2.75) is 38.8 Å². The molecule has 0 spiro atoms. The van der Waals surface area contributed by atoms with Gasteiger partial charge in [0.25, 0.3) is 0 Å². The van der Waals surface area contributed by atoms with Gasteiger partial charge in [0.2, 0.25) is 0 Å². The van der Waals surface area contributed by atoms with Crippen molar-refractivity contribution in [3.05, 3.63) is 23.2 Å². The molecule has 1 aromatic heterocycles. The van der Waals surface area contributed by atoms with Gasteiger partial charge in [0, 0.05) is 6.04 Å². The lowest BCUT2D eigenvalue weighted by molar-refractivity contribution is 0.202. The first-order valence-corrected chi connectivity index (χ1v) is 5.79. The van der Waals surface area contributed by atoms with Gasteiger partial charge in [-0.15, -0.1) is 0 Å². The minimum absolute atomic E-state index is 0.399. The fraction of sp³-hybridized carbons (Fsp3) is 0.636. The number of hydrogen-bond donors (Lipinski definition) is 0. The van der Waals surface area contributed by atoms with Gasteiger partial charge < -0.3 is 0 Å². The average Bonchev–Trinajstić information content (AvgIpc) is 2.65. The number of aromatic nitrogens is 2. The molecule has 4 heteroatoms. The summed E-state index contributed by atoms with van der Waals surface area (Å²) in [5.74, 6) is 0. The zero-order valence-corrected chi connectivity index (χ0v) is 9.91. The van der Waals surface area contributed by atoms with Crippen LogP contribution in [0.15, 0.2) is 12.4 Å². The molecule has 1 aromatic rings. The van der Waals surface area contributed by atoms with Gasteiger partial charge in [0.1, 0.15) is 5.15 Å². The summed E-state index contributed by atoms with van der Waals surface area (Å²) in [5.41, 5.74) is 1.01. The van der Waals surface area contributed by atoms with E-state index >= 15 is 0 Å². The maximum absolute atomic E-state index is 5.86. The zero-order valence-electron chi connectivity index (χ0n) is 9.15. The van der Waals surface area contributed by atoms with Crippen molar-refractivity contribution < 1.29 is 0 Å². The molecular weight excluding hydrogens is 210 g/mol. The van der Waals surface area contributed by atoms with Crippen LogP contribution in [0.1, 0.15) is 38.4 Å². The lowest BCUT2D eigenvalue weighted by Crippen LogP contribution is -2.30. The summed E-state index contributed by atoms with van der Waals surface area (Å²) in [4.78, 5) is 10.9. The first-order valence-electron chi connectivity index (χ1n) is 5.41.